The first-order valence-electron chi connectivity index (χ1n) is 8.61. The molecule has 0 spiro atoms. The molecule has 1 N–H and O–H groups in total. The van der Waals surface area contributed by atoms with Crippen LogP contribution in [0.25, 0.3) is 5.82 Å². The van der Waals surface area contributed by atoms with Crippen LogP contribution >= 0.6 is 0 Å². The predicted octanol–water partition coefficient (Wildman–Crippen LogP) is 0.253. The summed E-state index contributed by atoms with van der Waals surface area (Å²) in [7, 11) is -3.54. The van der Waals surface area contributed by atoms with Crippen molar-refractivity contribution in [3.8, 4) is 5.82 Å². The molecule has 0 amide bonds. The van der Waals surface area contributed by atoms with Crippen LogP contribution in [0, 0.1) is 5.92 Å². The van der Waals surface area contributed by atoms with E-state index in [4.69, 9.17) is 0 Å². The van der Waals surface area contributed by atoms with Gasteiger partial charge in [-0.1, -0.05) is 0 Å². The lowest BCUT2D eigenvalue weighted by atomic mass is 9.98. The third-order valence-electron chi connectivity index (χ3n) is 4.69. The predicted molar refractivity (Wildman–Crippen MR) is 95.7 cm³/mol. The van der Waals surface area contributed by atoms with Crippen LogP contribution in [-0.2, 0) is 16.6 Å². The third-order valence-corrected chi connectivity index (χ3v) is 6.51. The number of sulfonamides is 1. The van der Waals surface area contributed by atoms with Crippen LogP contribution in [0.3, 0.4) is 0 Å². The van der Waals surface area contributed by atoms with Gasteiger partial charge in [-0.2, -0.15) is 9.40 Å². The normalized spacial score (nSPS) is 16.6. The van der Waals surface area contributed by atoms with E-state index in [-0.39, 0.29) is 16.5 Å². The molecule has 4 rings (SSSR count). The van der Waals surface area contributed by atoms with Gasteiger partial charge in [-0.15, -0.1) is 5.10 Å². The zero-order valence-corrected chi connectivity index (χ0v) is 15.3. The number of piperidine rings is 1. The van der Waals surface area contributed by atoms with E-state index in [2.05, 4.69) is 20.2 Å². The van der Waals surface area contributed by atoms with E-state index in [1.165, 1.54) is 27.6 Å². The fourth-order valence-electron chi connectivity index (χ4n) is 3.20. The van der Waals surface area contributed by atoms with Crippen LogP contribution in [0.1, 0.15) is 12.8 Å². The molecule has 11 heteroatoms. The van der Waals surface area contributed by atoms with E-state index in [9.17, 15) is 13.2 Å². The van der Waals surface area contributed by atoms with E-state index in [1.54, 1.807) is 29.2 Å². The van der Waals surface area contributed by atoms with Gasteiger partial charge in [0.05, 0.1) is 12.5 Å². The number of hydrogen-bond acceptors (Lipinski definition) is 6. The van der Waals surface area contributed by atoms with Crippen LogP contribution in [0.2, 0.25) is 0 Å². The molecule has 1 fully saturated rings. The molecule has 1 aliphatic heterocycles. The first-order valence-corrected chi connectivity index (χ1v) is 10.0. The number of nitrogens with one attached hydrogen (secondary N) is 1. The minimum atomic E-state index is -3.54. The van der Waals surface area contributed by atoms with Gasteiger partial charge in [0.1, 0.15) is 0 Å². The maximum Gasteiger partial charge on any atom is 0.266 e. The molecule has 3 aromatic heterocycles. The molecule has 1 saturated heterocycles. The van der Waals surface area contributed by atoms with Gasteiger partial charge in [-0.05, 0) is 30.9 Å². The summed E-state index contributed by atoms with van der Waals surface area (Å²) in [6.45, 7) is 1.26. The second-order valence-corrected chi connectivity index (χ2v) is 8.33. The van der Waals surface area contributed by atoms with Gasteiger partial charge in [0.2, 0.25) is 0 Å². The number of aromatic amines is 1. The Kier molecular flexibility index (Phi) is 4.62. The van der Waals surface area contributed by atoms with Gasteiger partial charge in [0, 0.05) is 38.1 Å². The van der Waals surface area contributed by atoms with E-state index in [1.807, 2.05) is 0 Å². The Balaban J connectivity index is 1.44. The monoisotopic (exact) mass is 389 g/mol. The fraction of sp³-hybridized carbons (Fsp3) is 0.375. The third kappa shape index (κ3) is 3.55. The maximum atomic E-state index is 12.5. The molecule has 0 atom stereocenters. The molecule has 3 aromatic rings. The molecule has 4 heterocycles. The molecule has 0 aromatic carbocycles. The van der Waals surface area contributed by atoms with Crippen molar-refractivity contribution in [2.45, 2.75) is 24.4 Å². The lowest BCUT2D eigenvalue weighted by molar-refractivity contribution is 0.244. The summed E-state index contributed by atoms with van der Waals surface area (Å²) >= 11 is 0. The van der Waals surface area contributed by atoms with Gasteiger partial charge < -0.3 is 4.98 Å². The average Bonchev–Trinajstić information content (AvgIpc) is 3.38. The number of nitrogens with zero attached hydrogens (tertiary/aromatic N) is 6. The second kappa shape index (κ2) is 7.08. The Morgan fingerprint density at radius 3 is 2.70 bits per heavy atom. The standard InChI is InChI=1S/C16H19N7O3S/c24-16-3-2-14(22-7-1-6-19-22)20-23(16)11-13-4-8-21(9-5-13)27(25,26)15-10-17-12-18-15/h1-3,6-7,10,12-13H,4-5,8-9,11H2,(H,17,18). The summed E-state index contributed by atoms with van der Waals surface area (Å²) in [6.07, 6.45) is 7.39. The molecule has 0 saturated carbocycles. The Labute approximate surface area is 155 Å². The van der Waals surface area contributed by atoms with Crippen molar-refractivity contribution < 1.29 is 8.42 Å². The highest BCUT2D eigenvalue weighted by atomic mass is 32.2. The second-order valence-electron chi connectivity index (χ2n) is 6.43. The average molecular weight is 389 g/mol. The van der Waals surface area contributed by atoms with Crippen molar-refractivity contribution >= 4 is 10.0 Å². The van der Waals surface area contributed by atoms with Crippen molar-refractivity contribution in [2.75, 3.05) is 13.1 Å². The molecule has 10 nitrogen and oxygen atoms in total. The van der Waals surface area contributed by atoms with E-state index in [0.717, 1.165) is 0 Å². The van der Waals surface area contributed by atoms with Crippen LogP contribution < -0.4 is 5.56 Å². The zero-order valence-electron chi connectivity index (χ0n) is 14.5. The number of imidazole rings is 1. The van der Waals surface area contributed by atoms with Gasteiger partial charge in [0.25, 0.3) is 15.6 Å². The van der Waals surface area contributed by atoms with Crippen LogP contribution in [-0.4, -0.2) is 55.3 Å². The molecule has 142 valence electrons. The Morgan fingerprint density at radius 1 is 1.22 bits per heavy atom. The number of hydrogen-bond donors (Lipinski definition) is 1. The molecule has 0 bridgehead atoms. The van der Waals surface area contributed by atoms with Gasteiger partial charge in [-0.25, -0.2) is 22.8 Å². The molecule has 27 heavy (non-hydrogen) atoms. The highest BCUT2D eigenvalue weighted by Crippen LogP contribution is 2.23. The summed E-state index contributed by atoms with van der Waals surface area (Å²) in [4.78, 5) is 18.6. The van der Waals surface area contributed by atoms with Gasteiger partial charge in [-0.3, -0.25) is 4.79 Å². The summed E-state index contributed by atoms with van der Waals surface area (Å²) in [6, 6.07) is 4.89. The zero-order chi connectivity index (χ0) is 18.9. The number of aromatic nitrogens is 6. The quantitative estimate of drug-likeness (QED) is 0.668. The van der Waals surface area contributed by atoms with Crippen molar-refractivity contribution in [3.05, 3.63) is 53.5 Å². The topological polar surface area (TPSA) is 119 Å². The molecule has 1 aliphatic rings. The largest absolute Gasteiger partial charge is 0.335 e. The first kappa shape index (κ1) is 17.6. The van der Waals surface area contributed by atoms with Crippen molar-refractivity contribution in [3.63, 3.8) is 0 Å². The highest BCUT2D eigenvalue weighted by molar-refractivity contribution is 7.89. The Bertz CT molecular complexity index is 1050. The van der Waals surface area contributed by atoms with Crippen molar-refractivity contribution in [1.29, 1.82) is 0 Å². The highest BCUT2D eigenvalue weighted by Gasteiger charge is 2.30. The van der Waals surface area contributed by atoms with Crippen molar-refractivity contribution in [1.82, 2.24) is 33.8 Å². The number of rotatable bonds is 5. The number of H-pyrrole nitrogens is 1. The van der Waals surface area contributed by atoms with Crippen LogP contribution in [0.15, 0.2) is 52.9 Å². The minimum absolute atomic E-state index is 0.103. The van der Waals surface area contributed by atoms with E-state index < -0.39 is 10.0 Å². The van der Waals surface area contributed by atoms with Crippen LogP contribution in [0.4, 0.5) is 0 Å². The van der Waals surface area contributed by atoms with E-state index in [0.29, 0.717) is 38.3 Å². The summed E-state index contributed by atoms with van der Waals surface area (Å²) < 4.78 is 29.5. The van der Waals surface area contributed by atoms with Crippen molar-refractivity contribution in [2.24, 2.45) is 5.92 Å². The van der Waals surface area contributed by atoms with Gasteiger partial charge >= 0.3 is 0 Å². The van der Waals surface area contributed by atoms with E-state index >= 15 is 0 Å². The fourth-order valence-corrected chi connectivity index (χ4v) is 4.56. The summed E-state index contributed by atoms with van der Waals surface area (Å²) in [5, 5.41) is 8.60. The van der Waals surface area contributed by atoms with Gasteiger partial charge in [0.15, 0.2) is 10.8 Å². The lowest BCUT2D eigenvalue weighted by Crippen LogP contribution is -2.40. The lowest BCUT2D eigenvalue weighted by Gasteiger charge is -2.30. The van der Waals surface area contributed by atoms with Crippen LogP contribution in [0.5, 0.6) is 0 Å². The molecular formula is C16H19N7O3S. The first-order chi connectivity index (χ1) is 13.0. The minimum Gasteiger partial charge on any atom is -0.335 e. The Morgan fingerprint density at radius 2 is 2.04 bits per heavy atom. The summed E-state index contributed by atoms with van der Waals surface area (Å²) in [5.41, 5.74) is -0.182. The maximum absolute atomic E-state index is 12.5. The molecule has 0 aliphatic carbocycles. The summed E-state index contributed by atoms with van der Waals surface area (Å²) in [5.74, 6) is 0.746. The molecule has 0 unspecified atom stereocenters. The molecule has 0 radical (unpaired) electrons. The smallest absolute Gasteiger partial charge is 0.266 e. The Hall–Kier alpha value is -2.79. The SMILES string of the molecule is O=c1ccc(-n2cccn2)nn1CC1CCN(S(=O)(=O)c2cnc[nH]2)CC1. The molecular weight excluding hydrogens is 370 g/mol.